The van der Waals surface area contributed by atoms with Gasteiger partial charge in [-0.15, -0.1) is 16.4 Å². The number of anilines is 1. The van der Waals surface area contributed by atoms with Crippen LogP contribution in [0.5, 0.6) is 0 Å². The van der Waals surface area contributed by atoms with Crippen molar-refractivity contribution in [2.24, 2.45) is 0 Å². The van der Waals surface area contributed by atoms with Crippen molar-refractivity contribution in [3.63, 3.8) is 0 Å². The minimum atomic E-state index is -0.211. The second-order valence-corrected chi connectivity index (χ2v) is 10.6. The Bertz CT molecular complexity index is 1550. The molecule has 11 heteroatoms. The van der Waals surface area contributed by atoms with E-state index >= 15 is 0 Å². The zero-order valence-corrected chi connectivity index (χ0v) is 21.1. The molecule has 1 aliphatic carbocycles. The number of fused-ring (bicyclic) bond motifs is 3. The van der Waals surface area contributed by atoms with Crippen molar-refractivity contribution in [2.45, 2.75) is 49.2 Å². The van der Waals surface area contributed by atoms with Crippen molar-refractivity contribution in [2.75, 3.05) is 5.32 Å². The number of hydrogen-bond acceptors (Lipinski definition) is 9. The average molecular weight is 515 g/mol. The molecule has 0 bridgehead atoms. The van der Waals surface area contributed by atoms with Gasteiger partial charge in [0.1, 0.15) is 21.5 Å². The Labute approximate surface area is 215 Å². The Morgan fingerprint density at radius 3 is 2.81 bits per heavy atom. The van der Waals surface area contributed by atoms with Crippen LogP contribution >= 0.6 is 23.1 Å². The first-order chi connectivity index (χ1) is 17.6. The van der Waals surface area contributed by atoms with Crippen LogP contribution in [-0.2, 0) is 24.1 Å². The van der Waals surface area contributed by atoms with Crippen LogP contribution in [0.4, 0.5) is 5.82 Å². The number of nitrogens with zero attached hydrogens (tertiary/aromatic N) is 7. The van der Waals surface area contributed by atoms with Gasteiger partial charge in [-0.05, 0) is 84.1 Å². The van der Waals surface area contributed by atoms with E-state index in [0.29, 0.717) is 16.8 Å². The Hall–Kier alpha value is -3.70. The van der Waals surface area contributed by atoms with E-state index in [1.165, 1.54) is 28.6 Å². The molecule has 0 saturated heterocycles. The number of carbonyl (C=O) groups is 1. The van der Waals surface area contributed by atoms with Crippen molar-refractivity contribution in [1.29, 1.82) is 0 Å². The van der Waals surface area contributed by atoms with Gasteiger partial charge in [0, 0.05) is 16.5 Å². The van der Waals surface area contributed by atoms with Gasteiger partial charge in [0.15, 0.2) is 0 Å². The van der Waals surface area contributed by atoms with E-state index in [1.807, 2.05) is 43.3 Å². The highest BCUT2D eigenvalue weighted by atomic mass is 32.2. The second-order valence-electron chi connectivity index (χ2n) is 8.59. The largest absolute Gasteiger partial charge is 0.310 e. The number of aryl methyl sites for hydroxylation is 3. The second kappa shape index (κ2) is 9.75. The van der Waals surface area contributed by atoms with E-state index in [1.54, 1.807) is 28.3 Å². The summed E-state index contributed by atoms with van der Waals surface area (Å²) in [5.74, 6) is 0.763. The van der Waals surface area contributed by atoms with Crippen LogP contribution in [0, 0.1) is 6.92 Å². The number of para-hydroxylation sites is 1. The number of nitrogens with one attached hydrogen (secondary N) is 1. The molecule has 0 radical (unpaired) electrons. The third-order valence-corrected chi connectivity index (χ3v) is 8.07. The molecule has 1 aromatic carbocycles. The van der Waals surface area contributed by atoms with E-state index in [2.05, 4.69) is 25.8 Å². The molecule has 0 atom stereocenters. The van der Waals surface area contributed by atoms with E-state index in [0.717, 1.165) is 45.8 Å². The number of pyridine rings is 1. The fourth-order valence-corrected chi connectivity index (χ4v) is 6.55. The average Bonchev–Trinajstić information content (AvgIpc) is 3.50. The standard InChI is InChI=1S/C25H22N8OS2/c1-15-11-12-19(26-14-15)27-21(34)13-20-28-23-22(17-9-5-6-10-18(17)35-23)24(29-20)36-25-30-31-32-33(25)16-7-3-2-4-8-16/h2-4,7-8,11-12,14H,5-6,9-10,13H2,1H3,(H,26,27,34). The first-order valence-electron chi connectivity index (χ1n) is 11.7. The number of thiophene rings is 1. The normalized spacial score (nSPS) is 13.0. The fourth-order valence-electron chi connectivity index (χ4n) is 4.25. The predicted molar refractivity (Wildman–Crippen MR) is 139 cm³/mol. The maximum Gasteiger partial charge on any atom is 0.233 e. The molecule has 180 valence electrons. The number of amides is 1. The lowest BCUT2D eigenvalue weighted by molar-refractivity contribution is -0.115. The lowest BCUT2D eigenvalue weighted by Crippen LogP contribution is -2.17. The van der Waals surface area contributed by atoms with Crippen LogP contribution in [0.1, 0.15) is 34.7 Å². The molecule has 9 nitrogen and oxygen atoms in total. The van der Waals surface area contributed by atoms with Crippen LogP contribution in [0.2, 0.25) is 0 Å². The first kappa shape index (κ1) is 22.7. The lowest BCUT2D eigenvalue weighted by atomic mass is 9.97. The van der Waals surface area contributed by atoms with Gasteiger partial charge in [-0.1, -0.05) is 24.3 Å². The SMILES string of the molecule is Cc1ccc(NC(=O)Cc2nc(Sc3nnnn3-c3ccccc3)c3c4c(sc3n2)CCCC4)nc1. The Kier molecular flexibility index (Phi) is 6.16. The molecular formula is C25H22N8OS2. The Balaban J connectivity index is 1.36. The number of tetrazole rings is 1. The van der Waals surface area contributed by atoms with E-state index < -0.39 is 0 Å². The van der Waals surface area contributed by atoms with Gasteiger partial charge in [-0.3, -0.25) is 4.79 Å². The minimum Gasteiger partial charge on any atom is -0.310 e. The zero-order valence-electron chi connectivity index (χ0n) is 19.5. The molecular weight excluding hydrogens is 492 g/mol. The van der Waals surface area contributed by atoms with Gasteiger partial charge in [0.25, 0.3) is 0 Å². The molecule has 4 aromatic heterocycles. The van der Waals surface area contributed by atoms with Gasteiger partial charge in [-0.25, -0.2) is 15.0 Å². The zero-order chi connectivity index (χ0) is 24.5. The van der Waals surface area contributed by atoms with Crippen molar-refractivity contribution in [3.8, 4) is 5.69 Å². The van der Waals surface area contributed by atoms with Crippen molar-refractivity contribution in [3.05, 3.63) is 70.5 Å². The molecule has 5 aromatic rings. The van der Waals surface area contributed by atoms with Crippen molar-refractivity contribution < 1.29 is 4.79 Å². The summed E-state index contributed by atoms with van der Waals surface area (Å²) in [4.78, 5) is 29.0. The van der Waals surface area contributed by atoms with E-state index in [-0.39, 0.29) is 12.3 Å². The summed E-state index contributed by atoms with van der Waals surface area (Å²) in [7, 11) is 0. The maximum atomic E-state index is 12.8. The summed E-state index contributed by atoms with van der Waals surface area (Å²) >= 11 is 3.11. The van der Waals surface area contributed by atoms with Crippen LogP contribution in [0.15, 0.2) is 58.8 Å². The molecule has 36 heavy (non-hydrogen) atoms. The molecule has 4 heterocycles. The third kappa shape index (κ3) is 4.59. The fraction of sp³-hybridized carbons (Fsp3) is 0.240. The number of carbonyl (C=O) groups excluding carboxylic acids is 1. The quantitative estimate of drug-likeness (QED) is 0.328. The summed E-state index contributed by atoms with van der Waals surface area (Å²) in [6, 6.07) is 13.5. The summed E-state index contributed by atoms with van der Waals surface area (Å²) in [6.45, 7) is 1.95. The lowest BCUT2D eigenvalue weighted by Gasteiger charge is -2.12. The van der Waals surface area contributed by atoms with E-state index in [9.17, 15) is 4.79 Å². The van der Waals surface area contributed by atoms with Crippen LogP contribution in [-0.4, -0.2) is 41.1 Å². The van der Waals surface area contributed by atoms with Gasteiger partial charge in [0.2, 0.25) is 11.1 Å². The molecule has 0 aliphatic heterocycles. The molecule has 0 saturated carbocycles. The predicted octanol–water partition coefficient (Wildman–Crippen LogP) is 4.58. The summed E-state index contributed by atoms with van der Waals surface area (Å²) in [5.41, 5.74) is 3.22. The molecule has 6 rings (SSSR count). The van der Waals surface area contributed by atoms with Gasteiger partial charge >= 0.3 is 0 Å². The molecule has 1 aliphatic rings. The van der Waals surface area contributed by atoms with Crippen molar-refractivity contribution in [1.82, 2.24) is 35.2 Å². The number of hydrogen-bond donors (Lipinski definition) is 1. The molecule has 1 N–H and O–H groups in total. The molecule has 0 unspecified atom stereocenters. The van der Waals surface area contributed by atoms with Crippen LogP contribution in [0.25, 0.3) is 15.9 Å². The topological polar surface area (TPSA) is 111 Å². The Morgan fingerprint density at radius 2 is 1.97 bits per heavy atom. The first-order valence-corrected chi connectivity index (χ1v) is 13.3. The number of aromatic nitrogens is 7. The van der Waals surface area contributed by atoms with E-state index in [4.69, 9.17) is 9.97 Å². The molecule has 1 amide bonds. The number of benzene rings is 1. The summed E-state index contributed by atoms with van der Waals surface area (Å²) in [5, 5.41) is 17.6. The van der Waals surface area contributed by atoms with Gasteiger partial charge in [0.05, 0.1) is 12.1 Å². The summed E-state index contributed by atoms with van der Waals surface area (Å²) in [6.07, 6.45) is 6.16. The highest BCUT2D eigenvalue weighted by Gasteiger charge is 2.24. The highest BCUT2D eigenvalue weighted by molar-refractivity contribution is 7.99. The van der Waals surface area contributed by atoms with Gasteiger partial charge < -0.3 is 5.32 Å². The molecule has 0 fully saturated rings. The summed E-state index contributed by atoms with van der Waals surface area (Å²) < 4.78 is 1.70. The smallest absolute Gasteiger partial charge is 0.233 e. The van der Waals surface area contributed by atoms with Crippen LogP contribution in [0.3, 0.4) is 0 Å². The van der Waals surface area contributed by atoms with Crippen LogP contribution < -0.4 is 5.32 Å². The highest BCUT2D eigenvalue weighted by Crippen LogP contribution is 2.41. The third-order valence-electron chi connectivity index (χ3n) is 5.95. The maximum absolute atomic E-state index is 12.8. The minimum absolute atomic E-state index is 0.0469. The number of rotatable bonds is 6. The van der Waals surface area contributed by atoms with Crippen molar-refractivity contribution >= 4 is 45.0 Å². The molecule has 0 spiro atoms. The Morgan fingerprint density at radius 1 is 1.11 bits per heavy atom. The van der Waals surface area contributed by atoms with Gasteiger partial charge in [-0.2, -0.15) is 4.68 Å². The monoisotopic (exact) mass is 514 g/mol.